The van der Waals surface area contributed by atoms with Crippen LogP contribution in [-0.2, 0) is 6.54 Å². The molecule has 0 radical (unpaired) electrons. The maximum Gasteiger partial charge on any atom is 0.573 e. The van der Waals surface area contributed by atoms with Crippen molar-refractivity contribution in [3.63, 3.8) is 0 Å². The summed E-state index contributed by atoms with van der Waals surface area (Å²) in [6.45, 7) is -0.0505. The maximum atomic E-state index is 12.8. The molecular formula is C19H16F3N3O2. The van der Waals surface area contributed by atoms with E-state index in [2.05, 4.69) is 9.72 Å². The molecule has 0 bridgehead atoms. The number of aromatic nitrogens is 2. The van der Waals surface area contributed by atoms with Crippen LogP contribution in [0.5, 0.6) is 5.75 Å². The minimum Gasteiger partial charge on any atom is -0.405 e. The monoisotopic (exact) mass is 375 g/mol. The van der Waals surface area contributed by atoms with Crippen molar-refractivity contribution in [1.29, 1.82) is 0 Å². The molecule has 0 fully saturated rings. The van der Waals surface area contributed by atoms with E-state index in [9.17, 15) is 18.0 Å². The van der Waals surface area contributed by atoms with E-state index in [4.69, 9.17) is 0 Å². The molecule has 2 aromatic carbocycles. The Hall–Kier alpha value is -3.29. The highest BCUT2D eigenvalue weighted by atomic mass is 19.4. The Morgan fingerprint density at radius 1 is 1.11 bits per heavy atom. The Bertz CT molecular complexity index is 923. The molecule has 140 valence electrons. The number of carbonyl (C=O) groups excluding carboxylic acids is 1. The van der Waals surface area contributed by atoms with Gasteiger partial charge in [0.2, 0.25) is 0 Å². The normalized spacial score (nSPS) is 11.3. The molecule has 8 heteroatoms. The number of halogens is 3. The summed E-state index contributed by atoms with van der Waals surface area (Å²) in [6.07, 6.45) is -1.87. The van der Waals surface area contributed by atoms with Gasteiger partial charge in [0.1, 0.15) is 11.4 Å². The zero-order valence-corrected chi connectivity index (χ0v) is 14.3. The number of carbonyl (C=O) groups is 1. The number of rotatable bonds is 5. The third-order valence-electron chi connectivity index (χ3n) is 3.84. The van der Waals surface area contributed by atoms with Gasteiger partial charge >= 0.3 is 6.36 Å². The second kappa shape index (κ2) is 7.53. The Morgan fingerprint density at radius 3 is 2.48 bits per heavy atom. The fourth-order valence-electron chi connectivity index (χ4n) is 2.63. The topological polar surface area (TPSA) is 47.4 Å². The van der Waals surface area contributed by atoms with Crippen molar-refractivity contribution in [1.82, 2.24) is 14.5 Å². The van der Waals surface area contributed by atoms with Gasteiger partial charge in [-0.25, -0.2) is 4.98 Å². The number of ether oxygens (including phenoxy) is 1. The number of para-hydroxylation sites is 2. The molecule has 5 nitrogen and oxygen atoms in total. The molecule has 27 heavy (non-hydrogen) atoms. The highest BCUT2D eigenvalue weighted by Gasteiger charge is 2.32. The Morgan fingerprint density at radius 2 is 1.78 bits per heavy atom. The van der Waals surface area contributed by atoms with E-state index >= 15 is 0 Å². The van der Waals surface area contributed by atoms with Crippen LogP contribution in [0.3, 0.4) is 0 Å². The molecule has 3 rings (SSSR count). The van der Waals surface area contributed by atoms with Gasteiger partial charge in [-0.3, -0.25) is 9.36 Å². The molecule has 0 aliphatic rings. The lowest BCUT2D eigenvalue weighted by atomic mass is 10.2. The van der Waals surface area contributed by atoms with Crippen LogP contribution in [0, 0.1) is 0 Å². The quantitative estimate of drug-likeness (QED) is 0.676. The van der Waals surface area contributed by atoms with Crippen molar-refractivity contribution < 1.29 is 22.7 Å². The van der Waals surface area contributed by atoms with Crippen molar-refractivity contribution in [3.8, 4) is 11.4 Å². The average molecular weight is 375 g/mol. The summed E-state index contributed by atoms with van der Waals surface area (Å²) >= 11 is 0. The first-order valence-electron chi connectivity index (χ1n) is 8.02. The van der Waals surface area contributed by atoms with Crippen LogP contribution in [0.25, 0.3) is 5.69 Å². The van der Waals surface area contributed by atoms with E-state index in [1.807, 2.05) is 30.3 Å². The molecule has 0 spiro atoms. The summed E-state index contributed by atoms with van der Waals surface area (Å²) < 4.78 is 43.4. The SMILES string of the molecule is CN(Cc1ccccc1OC(F)(F)F)C(=O)c1cncn1-c1ccccc1. The summed E-state index contributed by atoms with van der Waals surface area (Å²) in [5.41, 5.74) is 1.31. The maximum absolute atomic E-state index is 12.8. The molecule has 0 unspecified atom stereocenters. The van der Waals surface area contributed by atoms with Crippen molar-refractivity contribution in [2.45, 2.75) is 12.9 Å². The number of nitrogens with zero attached hydrogens (tertiary/aromatic N) is 3. The first-order valence-corrected chi connectivity index (χ1v) is 8.02. The standard InChI is InChI=1S/C19H16F3N3O2/c1-24(12-14-7-5-6-10-17(14)27-19(20,21)22)18(26)16-11-23-13-25(16)15-8-3-2-4-9-15/h2-11,13H,12H2,1H3. The molecule has 3 aromatic rings. The van der Waals surface area contributed by atoms with Crippen LogP contribution in [0.15, 0.2) is 67.1 Å². The number of imidazole rings is 1. The first-order chi connectivity index (χ1) is 12.8. The molecule has 0 aliphatic heterocycles. The smallest absolute Gasteiger partial charge is 0.405 e. The van der Waals surface area contributed by atoms with Gasteiger partial charge in [0.05, 0.1) is 12.5 Å². The zero-order valence-electron chi connectivity index (χ0n) is 14.3. The second-order valence-corrected chi connectivity index (χ2v) is 5.80. The van der Waals surface area contributed by atoms with Gasteiger partial charge in [-0.1, -0.05) is 36.4 Å². The molecule has 0 saturated heterocycles. The fourth-order valence-corrected chi connectivity index (χ4v) is 2.63. The van der Waals surface area contributed by atoms with Gasteiger partial charge < -0.3 is 9.64 Å². The van der Waals surface area contributed by atoms with E-state index in [0.29, 0.717) is 5.69 Å². The third kappa shape index (κ3) is 4.46. The molecule has 0 N–H and O–H groups in total. The number of hydrogen-bond donors (Lipinski definition) is 0. The second-order valence-electron chi connectivity index (χ2n) is 5.80. The van der Waals surface area contributed by atoms with Crippen LogP contribution >= 0.6 is 0 Å². The van der Waals surface area contributed by atoms with Crippen LogP contribution < -0.4 is 4.74 Å². The summed E-state index contributed by atoms with van der Waals surface area (Å²) in [5.74, 6) is -0.709. The molecular weight excluding hydrogens is 359 g/mol. The summed E-state index contributed by atoms with van der Waals surface area (Å²) in [4.78, 5) is 18.1. The molecule has 0 aliphatic carbocycles. The van der Waals surface area contributed by atoms with E-state index in [-0.39, 0.29) is 23.8 Å². The van der Waals surface area contributed by atoms with Crippen molar-refractivity contribution in [3.05, 3.63) is 78.4 Å². The highest BCUT2D eigenvalue weighted by Crippen LogP contribution is 2.27. The summed E-state index contributed by atoms with van der Waals surface area (Å²) in [7, 11) is 1.51. The molecule has 1 aromatic heterocycles. The van der Waals surface area contributed by atoms with Crippen molar-refractivity contribution in [2.75, 3.05) is 7.05 Å². The highest BCUT2D eigenvalue weighted by molar-refractivity contribution is 5.92. The lowest BCUT2D eigenvalue weighted by Gasteiger charge is -2.20. The number of amides is 1. The van der Waals surface area contributed by atoms with Crippen molar-refractivity contribution >= 4 is 5.91 Å². The van der Waals surface area contributed by atoms with Crippen LogP contribution in [0.2, 0.25) is 0 Å². The van der Waals surface area contributed by atoms with E-state index in [1.165, 1.54) is 42.7 Å². The van der Waals surface area contributed by atoms with Crippen molar-refractivity contribution in [2.24, 2.45) is 0 Å². The van der Waals surface area contributed by atoms with Crippen LogP contribution in [0.4, 0.5) is 13.2 Å². The Labute approximate surface area is 153 Å². The molecule has 0 saturated carbocycles. The fraction of sp³-hybridized carbons (Fsp3) is 0.158. The Kier molecular flexibility index (Phi) is 5.16. The van der Waals surface area contributed by atoms with Gasteiger partial charge in [0.15, 0.2) is 0 Å². The zero-order chi connectivity index (χ0) is 19.4. The molecule has 1 heterocycles. The largest absolute Gasteiger partial charge is 0.573 e. The lowest BCUT2D eigenvalue weighted by Crippen LogP contribution is -2.28. The first kappa shape index (κ1) is 18.5. The van der Waals surface area contributed by atoms with Crippen LogP contribution in [-0.4, -0.2) is 33.8 Å². The number of hydrogen-bond acceptors (Lipinski definition) is 3. The van der Waals surface area contributed by atoms with Gasteiger partial charge in [-0.05, 0) is 18.2 Å². The summed E-state index contributed by atoms with van der Waals surface area (Å²) in [6, 6.07) is 14.9. The average Bonchev–Trinajstić information content (AvgIpc) is 3.12. The van der Waals surface area contributed by atoms with Gasteiger partial charge in [0, 0.05) is 24.8 Å². The minimum atomic E-state index is -4.80. The third-order valence-corrected chi connectivity index (χ3v) is 3.84. The number of alkyl halides is 3. The van der Waals surface area contributed by atoms with Crippen LogP contribution in [0.1, 0.15) is 16.1 Å². The lowest BCUT2D eigenvalue weighted by molar-refractivity contribution is -0.275. The van der Waals surface area contributed by atoms with E-state index < -0.39 is 6.36 Å². The van der Waals surface area contributed by atoms with Gasteiger partial charge in [-0.2, -0.15) is 0 Å². The minimum absolute atomic E-state index is 0.0505. The number of benzene rings is 2. The predicted octanol–water partition coefficient (Wildman–Crippen LogP) is 4.04. The van der Waals surface area contributed by atoms with E-state index in [1.54, 1.807) is 10.6 Å². The molecule has 1 amide bonds. The van der Waals surface area contributed by atoms with E-state index in [0.717, 1.165) is 5.69 Å². The Balaban J connectivity index is 1.82. The predicted molar refractivity (Wildman–Crippen MR) is 92.5 cm³/mol. The summed E-state index contributed by atoms with van der Waals surface area (Å²) in [5, 5.41) is 0. The van der Waals surface area contributed by atoms with Gasteiger partial charge in [-0.15, -0.1) is 13.2 Å². The molecule has 0 atom stereocenters. The van der Waals surface area contributed by atoms with Gasteiger partial charge in [0.25, 0.3) is 5.91 Å².